The molecule has 34 heteroatoms. The van der Waals surface area contributed by atoms with Crippen LogP contribution in [0.25, 0.3) is 34.8 Å². The molecule has 5 aliphatic heterocycles. The molecule has 0 aromatic heterocycles. The molecule has 4 fully saturated rings. The summed E-state index contributed by atoms with van der Waals surface area (Å²) in [5, 5.41) is 159. The highest BCUT2D eigenvalue weighted by Crippen LogP contribution is 2.45. The van der Waals surface area contributed by atoms with E-state index in [9.17, 15) is 95.5 Å². The Morgan fingerprint density at radius 3 is 1.79 bits per heavy atom. The average Bonchev–Trinajstić information content (AvgIpc) is 0.766. The Bertz CT molecular complexity index is 3560. The van der Waals surface area contributed by atoms with Crippen LogP contribution in [0.1, 0.15) is 17.5 Å². The second-order valence-electron chi connectivity index (χ2n) is 21.7. The van der Waals surface area contributed by atoms with E-state index in [-0.39, 0.29) is 45.4 Å². The number of aliphatic hydroxyl groups excluding tert-OH is 11. The molecule has 4 saturated heterocycles. The SMILES string of the molecule is COc1cc(C=CC(=O)OC2C(OC3C(Oc4cc5c(OC6OC(COC(=O)CC(=O)O)C(O)C(O)C6O)cc(=O)cc-5oc4-c4ccc(O)c(O)c4)OC(COC(=O)C=Cc4ccc(OC5OC(CO)C(O)C(O)C5O)cc4)C(O)C3O)OCC(O)C2O)cc(OC)c1O. The van der Waals surface area contributed by atoms with Crippen LogP contribution in [-0.2, 0) is 57.1 Å². The third kappa shape index (κ3) is 16.5. The van der Waals surface area contributed by atoms with Crippen LogP contribution >= 0.6 is 0 Å². The zero-order valence-electron chi connectivity index (χ0n) is 49.7. The molecule has 1 aliphatic carbocycles. The number of esters is 3. The third-order valence-corrected chi connectivity index (χ3v) is 15.2. The first-order valence-electron chi connectivity index (χ1n) is 28.7. The zero-order valence-corrected chi connectivity index (χ0v) is 49.7. The maximum absolute atomic E-state index is 13.5. The van der Waals surface area contributed by atoms with Crippen LogP contribution in [0.15, 0.2) is 94.2 Å². The Morgan fingerprint density at radius 1 is 0.558 bits per heavy atom. The molecular weight excluding hydrogens is 1280 g/mol. The minimum Gasteiger partial charge on any atom is -0.504 e. The number of rotatable bonds is 23. The Labute approximate surface area is 535 Å². The van der Waals surface area contributed by atoms with Crippen molar-refractivity contribution in [3.05, 3.63) is 106 Å². The molecule has 19 unspecified atom stereocenters. The number of ether oxygens (including phenoxy) is 13. The molecule has 5 heterocycles. The third-order valence-electron chi connectivity index (χ3n) is 15.2. The van der Waals surface area contributed by atoms with Crippen molar-refractivity contribution in [3.63, 3.8) is 0 Å². The van der Waals surface area contributed by atoms with Gasteiger partial charge in [0.1, 0.15) is 116 Å². The summed E-state index contributed by atoms with van der Waals surface area (Å²) in [4.78, 5) is 63.5. The number of carboxylic acids is 1. The Morgan fingerprint density at radius 2 is 1.15 bits per heavy atom. The van der Waals surface area contributed by atoms with Gasteiger partial charge in [-0.25, -0.2) is 9.59 Å². The molecule has 3 aromatic rings. The Balaban J connectivity index is 1.03. The van der Waals surface area contributed by atoms with Gasteiger partial charge in [0.15, 0.2) is 58.4 Å². The van der Waals surface area contributed by atoms with Crippen LogP contribution in [-0.4, -0.2) is 258 Å². The predicted octanol–water partition coefficient (Wildman–Crippen LogP) is -2.90. The minimum absolute atomic E-state index is 0.0397. The van der Waals surface area contributed by atoms with Gasteiger partial charge in [0, 0.05) is 29.8 Å². The predicted molar refractivity (Wildman–Crippen MR) is 310 cm³/mol. The average molecular weight is 1340 g/mol. The number of fused-ring (bicyclic) bond motifs is 1. The van der Waals surface area contributed by atoms with Gasteiger partial charge in [-0.2, -0.15) is 0 Å². The number of phenolic OH excluding ortho intramolecular Hbond substituents is 3. The van der Waals surface area contributed by atoms with Crippen LogP contribution < -0.4 is 29.1 Å². The van der Waals surface area contributed by atoms with Crippen molar-refractivity contribution in [3.8, 4) is 68.6 Å². The van der Waals surface area contributed by atoms with Crippen molar-refractivity contribution in [2.24, 2.45) is 0 Å². The molecule has 0 radical (unpaired) electrons. The van der Waals surface area contributed by atoms with Gasteiger partial charge in [-0.15, -0.1) is 0 Å². The van der Waals surface area contributed by atoms with E-state index in [1.807, 2.05) is 0 Å². The van der Waals surface area contributed by atoms with Crippen molar-refractivity contribution in [2.45, 2.75) is 123 Å². The number of carbonyl (C=O) groups excluding carboxylic acids is 3. The molecule has 0 amide bonds. The maximum atomic E-state index is 13.5. The lowest BCUT2D eigenvalue weighted by atomic mass is 9.98. The van der Waals surface area contributed by atoms with Crippen LogP contribution in [0.3, 0.4) is 0 Å². The molecule has 3 aromatic carbocycles. The first-order valence-corrected chi connectivity index (χ1v) is 28.7. The summed E-state index contributed by atoms with van der Waals surface area (Å²) in [6.07, 6.45) is -32.5. The summed E-state index contributed by atoms with van der Waals surface area (Å²) in [6.45, 7) is -3.16. The number of carbonyl (C=O) groups is 4. The standard InChI is InChI=1S/C61H66O34/c1-82-35-13-25(14-36(83-2)46(35)73)6-12-43(70)94-56-45(72)32(66)21-86-60(56)95-57-52(79)49(76)40(22-84-42(69)11-5-24-3-8-28(9-4-24)87-58-53(80)50(77)47(74)38(20-62)91-58)93-61(57)90-37-18-29-33(88-55(37)26-7-10-30(64)31(65)15-26)16-27(63)17-34(29)89-59-54(81)51(78)48(75)39(92-59)23-85-44(71)19-41(67)68/h3-18,32,38-40,45,47-54,56-62,64-66,72-81H,19-23H2,1-2H3,(H,67,68). The largest absolute Gasteiger partial charge is 0.504 e. The number of phenols is 3. The molecule has 19 atom stereocenters. The van der Waals surface area contributed by atoms with Crippen LogP contribution in [0, 0.1) is 0 Å². The van der Waals surface area contributed by atoms with Crippen molar-refractivity contribution in [1.29, 1.82) is 0 Å². The summed E-state index contributed by atoms with van der Waals surface area (Å²) >= 11 is 0. The van der Waals surface area contributed by atoms with Crippen molar-refractivity contribution >= 4 is 36.0 Å². The number of aliphatic carboxylic acids is 1. The fraction of sp³-hybridized carbons (Fsp3) is 0.426. The summed E-state index contributed by atoms with van der Waals surface area (Å²) < 4.78 is 79.7. The highest BCUT2D eigenvalue weighted by molar-refractivity contribution is 5.90. The van der Waals surface area contributed by atoms with Crippen LogP contribution in [0.4, 0.5) is 0 Å². The van der Waals surface area contributed by atoms with Crippen LogP contribution in [0.5, 0.6) is 46.0 Å². The quantitative estimate of drug-likeness (QED) is 0.0103. The van der Waals surface area contributed by atoms with Gasteiger partial charge < -0.3 is 143 Å². The number of aliphatic hydroxyl groups is 11. The molecule has 0 spiro atoms. The number of benzene rings is 4. The van der Waals surface area contributed by atoms with E-state index >= 15 is 0 Å². The van der Waals surface area contributed by atoms with Crippen molar-refractivity contribution in [2.75, 3.05) is 40.6 Å². The first kappa shape index (κ1) is 70.5. The number of aromatic hydroxyl groups is 3. The molecule has 0 saturated carbocycles. The zero-order chi connectivity index (χ0) is 68.7. The number of methoxy groups -OCH3 is 2. The van der Waals surface area contributed by atoms with E-state index in [1.165, 1.54) is 68.8 Å². The van der Waals surface area contributed by atoms with Gasteiger partial charge >= 0.3 is 23.9 Å². The summed E-state index contributed by atoms with van der Waals surface area (Å²) in [5.74, 6) is -8.61. The lowest BCUT2D eigenvalue weighted by molar-refractivity contribution is -0.345. The smallest absolute Gasteiger partial charge is 0.331 e. The Kier molecular flexibility index (Phi) is 22.8. The van der Waals surface area contributed by atoms with E-state index in [4.69, 9.17) is 71.1 Å². The number of carboxylic acid groups (broad SMARTS) is 1. The monoisotopic (exact) mass is 1340 g/mol. The molecule has 9 rings (SSSR count). The summed E-state index contributed by atoms with van der Waals surface area (Å²) in [6, 6.07) is 14.5. The normalized spacial score (nSPS) is 30.1. The molecule has 0 bridgehead atoms. The highest BCUT2D eigenvalue weighted by atomic mass is 16.8. The van der Waals surface area contributed by atoms with E-state index in [2.05, 4.69) is 0 Å². The lowest BCUT2D eigenvalue weighted by Gasteiger charge is -2.45. The fourth-order valence-corrected chi connectivity index (χ4v) is 10.1. The van der Waals surface area contributed by atoms with E-state index < -0.39 is 208 Å². The van der Waals surface area contributed by atoms with E-state index in [1.54, 1.807) is 0 Å². The van der Waals surface area contributed by atoms with Crippen LogP contribution in [0.2, 0.25) is 0 Å². The molecule has 6 aliphatic rings. The van der Waals surface area contributed by atoms with Gasteiger partial charge in [-0.05, 0) is 71.8 Å². The number of hydrogen-bond acceptors (Lipinski definition) is 33. The Hall–Kier alpha value is -8.79. The second kappa shape index (κ2) is 30.7. The lowest BCUT2D eigenvalue weighted by Crippen LogP contribution is -2.64. The van der Waals surface area contributed by atoms with Gasteiger partial charge in [0.25, 0.3) is 0 Å². The van der Waals surface area contributed by atoms with E-state index in [0.717, 1.165) is 42.5 Å². The van der Waals surface area contributed by atoms with Gasteiger partial charge in [0.2, 0.25) is 24.6 Å². The van der Waals surface area contributed by atoms with Crippen molar-refractivity contribution < 1.29 is 162 Å². The van der Waals surface area contributed by atoms with E-state index in [0.29, 0.717) is 5.56 Å². The summed E-state index contributed by atoms with van der Waals surface area (Å²) in [7, 11) is 2.53. The molecular formula is C61H66O34. The first-order chi connectivity index (χ1) is 45.2. The second-order valence-corrected chi connectivity index (χ2v) is 21.7. The molecule has 514 valence electrons. The van der Waals surface area contributed by atoms with Gasteiger partial charge in [-0.3, -0.25) is 14.4 Å². The molecule has 15 N–H and O–H groups in total. The molecule has 34 nitrogen and oxygen atoms in total. The van der Waals surface area contributed by atoms with Crippen molar-refractivity contribution in [1.82, 2.24) is 0 Å². The maximum Gasteiger partial charge on any atom is 0.331 e. The highest BCUT2D eigenvalue weighted by Gasteiger charge is 2.53. The fourth-order valence-electron chi connectivity index (χ4n) is 10.1. The van der Waals surface area contributed by atoms with Gasteiger partial charge in [-0.1, -0.05) is 12.1 Å². The minimum atomic E-state index is -2.23. The molecule has 95 heavy (non-hydrogen) atoms. The van der Waals surface area contributed by atoms with Gasteiger partial charge in [0.05, 0.1) is 33.0 Å². The number of hydrogen-bond donors (Lipinski definition) is 15. The summed E-state index contributed by atoms with van der Waals surface area (Å²) in [5.41, 5.74) is -0.625. The topological polar surface area (TPSA) is 522 Å².